The maximum absolute atomic E-state index is 12.8. The summed E-state index contributed by atoms with van der Waals surface area (Å²) >= 11 is 0. The van der Waals surface area contributed by atoms with Crippen molar-refractivity contribution in [1.82, 2.24) is 13.9 Å². The third kappa shape index (κ3) is 5.07. The molecule has 3 aromatic rings. The van der Waals surface area contributed by atoms with E-state index in [0.29, 0.717) is 36.4 Å². The van der Waals surface area contributed by atoms with Gasteiger partial charge in [0.2, 0.25) is 15.9 Å². The highest BCUT2D eigenvalue weighted by atomic mass is 32.2. The number of esters is 1. The zero-order valence-electron chi connectivity index (χ0n) is 18.4. The van der Waals surface area contributed by atoms with Gasteiger partial charge in [-0.25, -0.2) is 18.2 Å². The predicted molar refractivity (Wildman–Crippen MR) is 123 cm³/mol. The fourth-order valence-electron chi connectivity index (χ4n) is 3.84. The zero-order chi connectivity index (χ0) is 23.4. The summed E-state index contributed by atoms with van der Waals surface area (Å²) in [5, 5.41) is 2.78. The Balaban J connectivity index is 1.41. The summed E-state index contributed by atoms with van der Waals surface area (Å²) in [6.45, 7) is 3.48. The van der Waals surface area contributed by atoms with E-state index < -0.39 is 16.0 Å². The van der Waals surface area contributed by atoms with Gasteiger partial charge in [-0.3, -0.25) is 4.79 Å². The Morgan fingerprint density at radius 1 is 1.12 bits per heavy atom. The first-order valence-corrected chi connectivity index (χ1v) is 12.3. The van der Waals surface area contributed by atoms with Crippen LogP contribution in [0.1, 0.15) is 36.5 Å². The van der Waals surface area contributed by atoms with E-state index in [1.54, 1.807) is 55.7 Å². The summed E-state index contributed by atoms with van der Waals surface area (Å²) < 4.78 is 33.9. The summed E-state index contributed by atoms with van der Waals surface area (Å²) in [5.41, 5.74) is 2.21. The van der Waals surface area contributed by atoms with Crippen LogP contribution in [-0.4, -0.2) is 53.8 Å². The van der Waals surface area contributed by atoms with Gasteiger partial charge in [0.25, 0.3) is 0 Å². The molecule has 2 heterocycles. The van der Waals surface area contributed by atoms with Crippen molar-refractivity contribution in [1.29, 1.82) is 0 Å². The number of anilines is 1. The van der Waals surface area contributed by atoms with E-state index in [9.17, 15) is 18.0 Å². The Hall–Kier alpha value is -3.24. The number of amides is 1. The molecule has 1 amide bonds. The number of rotatable bonds is 8. The first kappa shape index (κ1) is 22.9. The minimum atomic E-state index is -3.51. The molecular weight excluding hydrogens is 444 g/mol. The lowest BCUT2D eigenvalue weighted by Gasteiger charge is -2.15. The highest BCUT2D eigenvalue weighted by Crippen LogP contribution is 2.24. The summed E-state index contributed by atoms with van der Waals surface area (Å²) in [6.07, 6.45) is 3.55. The van der Waals surface area contributed by atoms with Gasteiger partial charge in [0.05, 0.1) is 34.4 Å². The summed E-state index contributed by atoms with van der Waals surface area (Å²) in [4.78, 5) is 28.9. The molecule has 4 rings (SSSR count). The molecule has 0 atom stereocenters. The van der Waals surface area contributed by atoms with Crippen LogP contribution < -0.4 is 5.32 Å². The lowest BCUT2D eigenvalue weighted by molar-refractivity contribution is -0.116. The van der Waals surface area contributed by atoms with Gasteiger partial charge in [-0.2, -0.15) is 4.31 Å². The van der Waals surface area contributed by atoms with Gasteiger partial charge in [-0.15, -0.1) is 0 Å². The first-order valence-electron chi connectivity index (χ1n) is 10.9. The number of ether oxygens (including phenoxy) is 1. The van der Waals surface area contributed by atoms with Gasteiger partial charge in [0.15, 0.2) is 0 Å². The third-order valence-electron chi connectivity index (χ3n) is 5.53. The van der Waals surface area contributed by atoms with Crippen LogP contribution >= 0.6 is 0 Å². The normalized spacial score (nSPS) is 14.5. The molecule has 0 bridgehead atoms. The van der Waals surface area contributed by atoms with Crippen LogP contribution in [0.4, 0.5) is 5.69 Å². The molecule has 0 aliphatic carbocycles. The Bertz CT molecular complexity index is 1280. The second-order valence-electron chi connectivity index (χ2n) is 7.80. The maximum atomic E-state index is 12.8. The number of fused-ring (bicyclic) bond motifs is 1. The maximum Gasteiger partial charge on any atom is 0.338 e. The third-order valence-corrected chi connectivity index (χ3v) is 7.43. The molecule has 174 valence electrons. The molecule has 0 saturated carbocycles. The summed E-state index contributed by atoms with van der Waals surface area (Å²) in [6, 6.07) is 11.5. The number of carbonyl (C=O) groups is 2. The molecule has 10 heteroatoms. The molecule has 1 N–H and O–H groups in total. The van der Waals surface area contributed by atoms with Crippen molar-refractivity contribution in [3.05, 3.63) is 54.4 Å². The second kappa shape index (κ2) is 9.72. The number of hydrogen-bond donors (Lipinski definition) is 1. The molecule has 0 radical (unpaired) electrons. The largest absolute Gasteiger partial charge is 0.462 e. The fourth-order valence-corrected chi connectivity index (χ4v) is 5.38. The van der Waals surface area contributed by atoms with E-state index in [-0.39, 0.29) is 23.8 Å². The van der Waals surface area contributed by atoms with Crippen molar-refractivity contribution in [3.8, 4) is 0 Å². The predicted octanol–water partition coefficient (Wildman–Crippen LogP) is 3.03. The van der Waals surface area contributed by atoms with Crippen LogP contribution in [0.5, 0.6) is 0 Å². The molecular formula is C23H26N4O5S. The first-order chi connectivity index (χ1) is 15.9. The van der Waals surface area contributed by atoms with E-state index in [2.05, 4.69) is 10.3 Å². The molecule has 9 nitrogen and oxygen atoms in total. The zero-order valence-corrected chi connectivity index (χ0v) is 19.2. The lowest BCUT2D eigenvalue weighted by Crippen LogP contribution is -2.27. The number of nitrogens with one attached hydrogen (secondary N) is 1. The van der Waals surface area contributed by atoms with E-state index in [1.165, 1.54) is 4.31 Å². The van der Waals surface area contributed by atoms with Crippen molar-refractivity contribution in [2.45, 2.75) is 37.6 Å². The number of carbonyl (C=O) groups excluding carboxylic acids is 2. The van der Waals surface area contributed by atoms with Crippen LogP contribution in [-0.2, 0) is 26.1 Å². The van der Waals surface area contributed by atoms with Crippen LogP contribution in [0.3, 0.4) is 0 Å². The molecule has 1 saturated heterocycles. The van der Waals surface area contributed by atoms with E-state index in [1.807, 2.05) is 4.57 Å². The van der Waals surface area contributed by atoms with Gasteiger partial charge >= 0.3 is 5.97 Å². The number of imidazole rings is 1. The minimum absolute atomic E-state index is 0.183. The van der Waals surface area contributed by atoms with Crippen LogP contribution in [0.25, 0.3) is 11.0 Å². The number of benzene rings is 2. The summed E-state index contributed by atoms with van der Waals surface area (Å²) in [5.74, 6) is -0.657. The molecule has 0 spiro atoms. The van der Waals surface area contributed by atoms with Crippen LogP contribution in [0.15, 0.2) is 53.7 Å². The highest BCUT2D eigenvalue weighted by molar-refractivity contribution is 7.89. The topological polar surface area (TPSA) is 111 Å². The lowest BCUT2D eigenvalue weighted by atomic mass is 10.2. The van der Waals surface area contributed by atoms with E-state index >= 15 is 0 Å². The number of nitrogens with zero attached hydrogens (tertiary/aromatic N) is 3. The van der Waals surface area contributed by atoms with Gasteiger partial charge in [-0.1, -0.05) is 6.07 Å². The number of hydrogen-bond acceptors (Lipinski definition) is 6. The van der Waals surface area contributed by atoms with Gasteiger partial charge in [-0.05, 0) is 56.2 Å². The average molecular weight is 471 g/mol. The van der Waals surface area contributed by atoms with E-state index in [4.69, 9.17) is 4.74 Å². The number of sulfonamides is 1. The SMILES string of the molecule is CCOC(=O)c1cccc(NC(=O)CCn2cnc3cc(S(=O)(=O)N4CCCC4)ccc32)c1. The molecule has 1 fully saturated rings. The smallest absolute Gasteiger partial charge is 0.338 e. The number of aromatic nitrogens is 2. The Morgan fingerprint density at radius 2 is 1.91 bits per heavy atom. The average Bonchev–Trinajstić information content (AvgIpc) is 3.48. The molecule has 0 unspecified atom stereocenters. The molecule has 1 aliphatic rings. The minimum Gasteiger partial charge on any atom is -0.462 e. The van der Waals surface area contributed by atoms with Crippen molar-refractivity contribution in [2.24, 2.45) is 0 Å². The number of aryl methyl sites for hydroxylation is 1. The monoisotopic (exact) mass is 470 g/mol. The summed E-state index contributed by atoms with van der Waals surface area (Å²) in [7, 11) is -3.51. The Kier molecular flexibility index (Phi) is 6.75. The molecule has 1 aromatic heterocycles. The van der Waals surface area contributed by atoms with Crippen molar-refractivity contribution >= 4 is 38.6 Å². The van der Waals surface area contributed by atoms with Crippen molar-refractivity contribution in [3.63, 3.8) is 0 Å². The van der Waals surface area contributed by atoms with Crippen LogP contribution in [0.2, 0.25) is 0 Å². The van der Waals surface area contributed by atoms with Gasteiger partial charge in [0.1, 0.15) is 0 Å². The fraction of sp³-hybridized carbons (Fsp3) is 0.348. The molecule has 2 aromatic carbocycles. The highest BCUT2D eigenvalue weighted by Gasteiger charge is 2.27. The van der Waals surface area contributed by atoms with Crippen LogP contribution in [0, 0.1) is 0 Å². The van der Waals surface area contributed by atoms with Crippen molar-refractivity contribution < 1.29 is 22.7 Å². The quantitative estimate of drug-likeness (QED) is 0.507. The van der Waals surface area contributed by atoms with Gasteiger partial charge < -0.3 is 14.6 Å². The van der Waals surface area contributed by atoms with E-state index in [0.717, 1.165) is 18.4 Å². The standard InChI is InChI=1S/C23H26N4O5S/c1-2-32-23(29)17-6-5-7-18(14-17)25-22(28)10-13-26-16-24-20-15-19(8-9-21(20)26)33(30,31)27-11-3-4-12-27/h5-9,14-16H,2-4,10-13H2,1H3,(H,25,28). The Labute approximate surface area is 192 Å². The molecule has 1 aliphatic heterocycles. The second-order valence-corrected chi connectivity index (χ2v) is 9.74. The van der Waals surface area contributed by atoms with Crippen molar-refractivity contribution in [2.75, 3.05) is 25.0 Å². The Morgan fingerprint density at radius 3 is 2.67 bits per heavy atom. The van der Waals surface area contributed by atoms with Gasteiger partial charge in [0, 0.05) is 31.7 Å². The molecule has 33 heavy (non-hydrogen) atoms.